The van der Waals surface area contributed by atoms with Crippen LogP contribution in [0.15, 0.2) is 0 Å². The van der Waals surface area contributed by atoms with Gasteiger partial charge in [0, 0.05) is 5.54 Å². The minimum atomic E-state index is -0.208. The zero-order valence-corrected chi connectivity index (χ0v) is 4.49. The molecular weight excluding hydrogens is 74.1 g/mol. The van der Waals surface area contributed by atoms with Crippen LogP contribution in [-0.4, -0.2) is 5.54 Å². The van der Waals surface area contributed by atoms with Gasteiger partial charge in [-0.25, -0.2) is 0 Å². The van der Waals surface area contributed by atoms with Gasteiger partial charge in [-0.05, 0) is 20.3 Å². The second-order valence-electron chi connectivity index (χ2n) is 2.01. The lowest BCUT2D eigenvalue weighted by molar-refractivity contribution is 0.560. The number of hydrogen-bond acceptors (Lipinski definition) is 1. The minimum absolute atomic E-state index is 0.208. The second-order valence-corrected chi connectivity index (χ2v) is 2.01. The van der Waals surface area contributed by atoms with Crippen molar-refractivity contribution in [3.63, 3.8) is 0 Å². The van der Waals surface area contributed by atoms with Crippen molar-refractivity contribution in [2.24, 2.45) is 5.73 Å². The normalized spacial score (nSPS) is 12.0. The lowest BCUT2D eigenvalue weighted by Crippen LogP contribution is -2.30. The molecule has 0 bridgehead atoms. The molecule has 1 atom stereocenters. The molecule has 0 aromatic carbocycles. The van der Waals surface area contributed by atoms with E-state index >= 15 is 0 Å². The molecule has 0 aliphatic carbocycles. The molecule has 1 unspecified atom stereocenters. The number of nitrogens with two attached hydrogens (primary N) is 1. The molecule has 2 N–H and O–H groups in total. The fraction of sp³-hybridized carbons (Fsp3) is 0.800. The molecule has 1 heteroatoms. The van der Waals surface area contributed by atoms with Crippen molar-refractivity contribution < 1.29 is 0 Å². The average Bonchev–Trinajstić information content (AvgIpc) is 1.35. The molecule has 1 radical (unpaired) electrons. The zero-order valence-electron chi connectivity index (χ0n) is 4.49. The predicted octanol–water partition coefficient (Wildman–Crippen LogP) is 0.948. The standard InChI is InChI=1S/C5H12N/c1-4-5(2,3)6/h2,4,6H2,1,3H3. The van der Waals surface area contributed by atoms with E-state index in [1.165, 1.54) is 0 Å². The Morgan fingerprint density at radius 3 is 2.00 bits per heavy atom. The van der Waals surface area contributed by atoms with Gasteiger partial charge >= 0.3 is 0 Å². The molecule has 6 heavy (non-hydrogen) atoms. The third-order valence-electron chi connectivity index (χ3n) is 0.808. The van der Waals surface area contributed by atoms with Crippen LogP contribution in [0, 0.1) is 6.92 Å². The highest BCUT2D eigenvalue weighted by Gasteiger charge is 2.03. The van der Waals surface area contributed by atoms with Crippen LogP contribution in [0.25, 0.3) is 0 Å². The third-order valence-corrected chi connectivity index (χ3v) is 0.808. The van der Waals surface area contributed by atoms with Gasteiger partial charge in [0.25, 0.3) is 0 Å². The van der Waals surface area contributed by atoms with Crippen molar-refractivity contribution >= 4 is 0 Å². The first-order valence-corrected chi connectivity index (χ1v) is 2.20. The molecule has 0 amide bonds. The number of rotatable bonds is 1. The van der Waals surface area contributed by atoms with E-state index < -0.39 is 0 Å². The van der Waals surface area contributed by atoms with Crippen molar-refractivity contribution in [3.05, 3.63) is 6.92 Å². The molecule has 0 saturated heterocycles. The topological polar surface area (TPSA) is 26.0 Å². The lowest BCUT2D eigenvalue weighted by Gasteiger charge is -2.12. The molecule has 0 aromatic heterocycles. The highest BCUT2D eigenvalue weighted by molar-refractivity contribution is 4.77. The van der Waals surface area contributed by atoms with Gasteiger partial charge in [0.2, 0.25) is 0 Å². The maximum atomic E-state index is 5.42. The average molecular weight is 86.2 g/mol. The van der Waals surface area contributed by atoms with Crippen LogP contribution in [0.5, 0.6) is 0 Å². The highest BCUT2D eigenvalue weighted by atomic mass is 14.7. The van der Waals surface area contributed by atoms with Crippen LogP contribution in [0.3, 0.4) is 0 Å². The van der Waals surface area contributed by atoms with Crippen LogP contribution >= 0.6 is 0 Å². The summed E-state index contributed by atoms with van der Waals surface area (Å²) in [6, 6.07) is 0. The van der Waals surface area contributed by atoms with Crippen molar-refractivity contribution in [3.8, 4) is 0 Å². The first-order chi connectivity index (χ1) is 2.56. The van der Waals surface area contributed by atoms with Crippen molar-refractivity contribution in [2.45, 2.75) is 25.8 Å². The monoisotopic (exact) mass is 86.1 g/mol. The lowest BCUT2D eigenvalue weighted by atomic mass is 10.1. The van der Waals surface area contributed by atoms with Crippen LogP contribution in [0.1, 0.15) is 20.3 Å². The third kappa shape index (κ3) is 3.96. The molecule has 0 saturated carbocycles. The van der Waals surface area contributed by atoms with E-state index in [2.05, 4.69) is 6.92 Å². The molecule has 0 aliphatic rings. The van der Waals surface area contributed by atoms with E-state index in [1.807, 2.05) is 13.8 Å². The summed E-state index contributed by atoms with van der Waals surface area (Å²) in [6.07, 6.45) is 0.938. The highest BCUT2D eigenvalue weighted by Crippen LogP contribution is 1.98. The van der Waals surface area contributed by atoms with Crippen LogP contribution in [-0.2, 0) is 0 Å². The first kappa shape index (κ1) is 5.96. The first-order valence-electron chi connectivity index (χ1n) is 2.20. The van der Waals surface area contributed by atoms with Crippen molar-refractivity contribution in [2.75, 3.05) is 0 Å². The Labute approximate surface area is 39.5 Å². The Hall–Kier alpha value is -0.0400. The van der Waals surface area contributed by atoms with E-state index in [0.717, 1.165) is 6.42 Å². The Kier molecular flexibility index (Phi) is 1.59. The van der Waals surface area contributed by atoms with Gasteiger partial charge in [-0.1, -0.05) is 6.92 Å². The Morgan fingerprint density at radius 1 is 1.83 bits per heavy atom. The fourth-order valence-corrected chi connectivity index (χ4v) is 0. The molecule has 0 heterocycles. The maximum Gasteiger partial charge on any atom is 0.0123 e. The molecule has 0 aliphatic heterocycles. The van der Waals surface area contributed by atoms with E-state index in [0.29, 0.717) is 0 Å². The molecule has 0 spiro atoms. The molecule has 0 fully saturated rings. The van der Waals surface area contributed by atoms with Gasteiger partial charge in [0.05, 0.1) is 0 Å². The summed E-state index contributed by atoms with van der Waals surface area (Å²) in [5.74, 6) is 0. The molecular formula is C5H12N. The SMILES string of the molecule is [CH2]C(C)(N)CC. The maximum absolute atomic E-state index is 5.42. The van der Waals surface area contributed by atoms with E-state index in [9.17, 15) is 0 Å². The van der Waals surface area contributed by atoms with Crippen LogP contribution in [0.2, 0.25) is 0 Å². The second kappa shape index (κ2) is 1.61. The zero-order chi connectivity index (χ0) is 5.21. The van der Waals surface area contributed by atoms with Crippen LogP contribution in [0.4, 0.5) is 0 Å². The van der Waals surface area contributed by atoms with Gasteiger partial charge in [-0.3, -0.25) is 0 Å². The largest absolute Gasteiger partial charge is 0.325 e. The Bertz CT molecular complexity index is 33.7. The summed E-state index contributed by atoms with van der Waals surface area (Å²) in [6.45, 7) is 7.60. The summed E-state index contributed by atoms with van der Waals surface area (Å²) in [5.41, 5.74) is 5.22. The van der Waals surface area contributed by atoms with Gasteiger partial charge < -0.3 is 5.73 Å². The molecule has 1 nitrogen and oxygen atoms in total. The van der Waals surface area contributed by atoms with Crippen molar-refractivity contribution in [1.82, 2.24) is 0 Å². The quantitative estimate of drug-likeness (QED) is 0.505. The van der Waals surface area contributed by atoms with Crippen LogP contribution < -0.4 is 5.73 Å². The molecule has 37 valence electrons. The minimum Gasteiger partial charge on any atom is -0.325 e. The van der Waals surface area contributed by atoms with Gasteiger partial charge in [0.1, 0.15) is 0 Å². The summed E-state index contributed by atoms with van der Waals surface area (Å²) in [4.78, 5) is 0. The van der Waals surface area contributed by atoms with Gasteiger partial charge in [0.15, 0.2) is 0 Å². The Balaban J connectivity index is 3.17. The summed E-state index contributed by atoms with van der Waals surface area (Å²) < 4.78 is 0. The Morgan fingerprint density at radius 2 is 2.00 bits per heavy atom. The predicted molar refractivity (Wildman–Crippen MR) is 28.2 cm³/mol. The number of hydrogen-bond donors (Lipinski definition) is 1. The smallest absolute Gasteiger partial charge is 0.0123 e. The summed E-state index contributed by atoms with van der Waals surface area (Å²) in [5, 5.41) is 0. The molecule has 0 aromatic rings. The van der Waals surface area contributed by atoms with E-state index in [4.69, 9.17) is 5.73 Å². The van der Waals surface area contributed by atoms with E-state index in [1.54, 1.807) is 0 Å². The summed E-state index contributed by atoms with van der Waals surface area (Å²) in [7, 11) is 0. The van der Waals surface area contributed by atoms with Gasteiger partial charge in [-0.2, -0.15) is 0 Å². The van der Waals surface area contributed by atoms with E-state index in [-0.39, 0.29) is 5.54 Å². The molecule has 0 rings (SSSR count). The fourth-order valence-electron chi connectivity index (χ4n) is 0. The van der Waals surface area contributed by atoms with Crippen molar-refractivity contribution in [1.29, 1.82) is 0 Å². The summed E-state index contributed by atoms with van der Waals surface area (Å²) >= 11 is 0. The van der Waals surface area contributed by atoms with Gasteiger partial charge in [-0.15, -0.1) is 0 Å².